The summed E-state index contributed by atoms with van der Waals surface area (Å²) in [4.78, 5) is 4.32. The lowest BCUT2D eigenvalue weighted by atomic mass is 10.1. The van der Waals surface area contributed by atoms with Gasteiger partial charge in [0.1, 0.15) is 23.4 Å². The molecule has 1 unspecified atom stereocenters. The van der Waals surface area contributed by atoms with Crippen LogP contribution in [0.4, 0.5) is 0 Å². The normalized spacial score (nSPS) is 17.2. The number of rotatable bonds is 6. The molecule has 0 fully saturated rings. The van der Waals surface area contributed by atoms with Crippen molar-refractivity contribution < 1.29 is 9.47 Å². The van der Waals surface area contributed by atoms with E-state index < -0.39 is 0 Å². The molecule has 0 radical (unpaired) electrons. The van der Waals surface area contributed by atoms with Crippen molar-refractivity contribution >= 4 is 29.9 Å². The van der Waals surface area contributed by atoms with Crippen LogP contribution in [0.15, 0.2) is 17.1 Å². The highest BCUT2D eigenvalue weighted by Gasteiger charge is 2.22. The maximum atomic E-state index is 5.91. The largest absolute Gasteiger partial charge is 0.494 e. The lowest BCUT2D eigenvalue weighted by molar-refractivity contribution is 0.254. The van der Waals surface area contributed by atoms with Crippen molar-refractivity contribution in [2.24, 2.45) is 4.99 Å². The second-order valence-electron chi connectivity index (χ2n) is 7.20. The van der Waals surface area contributed by atoms with Gasteiger partial charge in [-0.05, 0) is 32.4 Å². The van der Waals surface area contributed by atoms with Crippen LogP contribution in [0.2, 0.25) is 0 Å². The minimum absolute atomic E-state index is 0. The molecule has 1 aromatic heterocycles. The van der Waals surface area contributed by atoms with E-state index in [1.807, 2.05) is 6.92 Å². The Morgan fingerprint density at radius 2 is 2.14 bits per heavy atom. The van der Waals surface area contributed by atoms with Crippen molar-refractivity contribution in [1.29, 1.82) is 0 Å². The summed E-state index contributed by atoms with van der Waals surface area (Å²) in [5.74, 6) is 4.60. The Labute approximate surface area is 188 Å². The van der Waals surface area contributed by atoms with E-state index in [9.17, 15) is 0 Å². The quantitative estimate of drug-likeness (QED) is 0.352. The number of benzene rings is 1. The molecule has 1 aromatic carbocycles. The number of nitrogens with zero attached hydrogens (tertiary/aromatic N) is 4. The van der Waals surface area contributed by atoms with Crippen LogP contribution < -0.4 is 20.1 Å². The molecule has 0 saturated carbocycles. The van der Waals surface area contributed by atoms with Crippen molar-refractivity contribution in [3.63, 3.8) is 0 Å². The Hall–Kier alpha value is -2.04. The molecule has 0 spiro atoms. The number of guanidine groups is 1. The van der Waals surface area contributed by atoms with Crippen molar-refractivity contribution in [2.45, 2.75) is 58.8 Å². The van der Waals surface area contributed by atoms with E-state index in [1.165, 1.54) is 5.56 Å². The molecule has 9 heteroatoms. The Morgan fingerprint density at radius 1 is 1.31 bits per heavy atom. The van der Waals surface area contributed by atoms with Gasteiger partial charge in [-0.15, -0.1) is 34.2 Å². The highest BCUT2D eigenvalue weighted by atomic mass is 127. The summed E-state index contributed by atoms with van der Waals surface area (Å²) in [5.41, 5.74) is 2.27. The van der Waals surface area contributed by atoms with Gasteiger partial charge in [-0.2, -0.15) is 0 Å². The van der Waals surface area contributed by atoms with E-state index in [2.05, 4.69) is 49.4 Å². The Morgan fingerprint density at radius 3 is 2.93 bits per heavy atom. The molecule has 0 amide bonds. The molecule has 2 aliphatic rings. The predicted octanol–water partition coefficient (Wildman–Crippen LogP) is 2.43. The molecule has 0 bridgehead atoms. The first-order chi connectivity index (χ1) is 13.7. The SMILES string of the molecule is CCOc1cc2c(cc1CNC(=NC)NCc1nnc3n1CCC3)OC(C)C2.I. The van der Waals surface area contributed by atoms with Crippen LogP contribution >= 0.6 is 24.0 Å². The molecule has 29 heavy (non-hydrogen) atoms. The molecule has 8 nitrogen and oxygen atoms in total. The molecule has 2 aromatic rings. The summed E-state index contributed by atoms with van der Waals surface area (Å²) in [5, 5.41) is 15.2. The summed E-state index contributed by atoms with van der Waals surface area (Å²) in [6, 6.07) is 4.19. The standard InChI is InChI=1S/C20H28N6O2.HI/c1-4-27-16-9-14-8-13(2)28-17(14)10-15(16)11-22-20(21-3)23-12-19-25-24-18-6-5-7-26(18)19;/h9-10,13H,4-8,11-12H2,1-3H3,(H2,21,22,23);1H. The molecule has 0 aliphatic carbocycles. The number of fused-ring (bicyclic) bond motifs is 2. The van der Waals surface area contributed by atoms with Gasteiger partial charge in [-0.1, -0.05) is 0 Å². The van der Waals surface area contributed by atoms with Gasteiger partial charge >= 0.3 is 0 Å². The first-order valence-corrected chi connectivity index (χ1v) is 9.98. The second-order valence-corrected chi connectivity index (χ2v) is 7.20. The van der Waals surface area contributed by atoms with Gasteiger partial charge < -0.3 is 24.7 Å². The van der Waals surface area contributed by atoms with Gasteiger partial charge in [-0.25, -0.2) is 0 Å². The zero-order chi connectivity index (χ0) is 19.5. The molecular weight excluding hydrogens is 483 g/mol. The first-order valence-electron chi connectivity index (χ1n) is 9.98. The van der Waals surface area contributed by atoms with E-state index in [1.54, 1.807) is 7.05 Å². The summed E-state index contributed by atoms with van der Waals surface area (Å²) in [6.07, 6.45) is 3.30. The van der Waals surface area contributed by atoms with Crippen LogP contribution in [0.25, 0.3) is 0 Å². The highest BCUT2D eigenvalue weighted by Crippen LogP contribution is 2.35. The fourth-order valence-corrected chi connectivity index (χ4v) is 3.81. The van der Waals surface area contributed by atoms with Crippen LogP contribution in [-0.2, 0) is 32.5 Å². The summed E-state index contributed by atoms with van der Waals surface area (Å²) < 4.78 is 13.9. The van der Waals surface area contributed by atoms with Gasteiger partial charge in [0, 0.05) is 44.1 Å². The van der Waals surface area contributed by atoms with Crippen molar-refractivity contribution in [1.82, 2.24) is 25.4 Å². The topological polar surface area (TPSA) is 85.6 Å². The van der Waals surface area contributed by atoms with E-state index in [4.69, 9.17) is 9.47 Å². The smallest absolute Gasteiger partial charge is 0.191 e. The van der Waals surface area contributed by atoms with Gasteiger partial charge in [0.05, 0.1) is 13.2 Å². The van der Waals surface area contributed by atoms with E-state index in [0.29, 0.717) is 25.7 Å². The number of halogens is 1. The number of aromatic nitrogens is 3. The number of aryl methyl sites for hydroxylation is 1. The Bertz CT molecular complexity index is 882. The molecule has 0 saturated heterocycles. The predicted molar refractivity (Wildman–Crippen MR) is 122 cm³/mol. The molecular formula is C20H29IN6O2. The third-order valence-corrected chi connectivity index (χ3v) is 5.15. The van der Waals surface area contributed by atoms with Gasteiger partial charge in [0.15, 0.2) is 11.8 Å². The Balaban J connectivity index is 0.00000240. The zero-order valence-corrected chi connectivity index (χ0v) is 19.5. The van der Waals surface area contributed by atoms with Crippen LogP contribution in [-0.4, -0.2) is 40.5 Å². The van der Waals surface area contributed by atoms with Gasteiger partial charge in [0.2, 0.25) is 0 Å². The van der Waals surface area contributed by atoms with Gasteiger partial charge in [0.25, 0.3) is 0 Å². The van der Waals surface area contributed by atoms with Crippen molar-refractivity contribution in [3.05, 3.63) is 34.9 Å². The van der Waals surface area contributed by atoms with Crippen molar-refractivity contribution in [3.8, 4) is 11.5 Å². The van der Waals surface area contributed by atoms with E-state index in [0.717, 1.165) is 54.5 Å². The number of hydrogen-bond acceptors (Lipinski definition) is 5. The van der Waals surface area contributed by atoms with E-state index in [-0.39, 0.29) is 30.1 Å². The number of ether oxygens (including phenoxy) is 2. The summed E-state index contributed by atoms with van der Waals surface area (Å²) >= 11 is 0. The van der Waals surface area contributed by atoms with E-state index >= 15 is 0 Å². The number of aliphatic imine (C=N–C) groups is 1. The Kier molecular flexibility index (Phi) is 7.20. The first kappa shape index (κ1) is 21.7. The summed E-state index contributed by atoms with van der Waals surface area (Å²) in [7, 11) is 1.76. The third-order valence-electron chi connectivity index (χ3n) is 5.15. The molecule has 158 valence electrons. The monoisotopic (exact) mass is 512 g/mol. The third kappa shape index (κ3) is 4.76. The fourth-order valence-electron chi connectivity index (χ4n) is 3.81. The van der Waals surface area contributed by atoms with Crippen LogP contribution in [0, 0.1) is 0 Å². The van der Waals surface area contributed by atoms with Crippen LogP contribution in [0.3, 0.4) is 0 Å². The average Bonchev–Trinajstić information content (AvgIpc) is 3.37. The molecule has 4 rings (SSSR count). The van der Waals surface area contributed by atoms with Crippen LogP contribution in [0.1, 0.15) is 43.0 Å². The number of nitrogens with one attached hydrogen (secondary N) is 2. The van der Waals surface area contributed by atoms with Crippen molar-refractivity contribution in [2.75, 3.05) is 13.7 Å². The maximum absolute atomic E-state index is 5.91. The average molecular weight is 512 g/mol. The highest BCUT2D eigenvalue weighted by molar-refractivity contribution is 14.0. The zero-order valence-electron chi connectivity index (χ0n) is 17.2. The lowest BCUT2D eigenvalue weighted by Crippen LogP contribution is -2.37. The summed E-state index contributed by atoms with van der Waals surface area (Å²) in [6.45, 7) is 6.91. The second kappa shape index (κ2) is 9.64. The molecule has 1 atom stereocenters. The van der Waals surface area contributed by atoms with Crippen LogP contribution in [0.5, 0.6) is 11.5 Å². The molecule has 3 heterocycles. The number of hydrogen-bond donors (Lipinski definition) is 2. The van der Waals surface area contributed by atoms with Gasteiger partial charge in [-0.3, -0.25) is 4.99 Å². The molecule has 2 aliphatic heterocycles. The minimum atomic E-state index is 0. The fraction of sp³-hybridized carbons (Fsp3) is 0.550. The maximum Gasteiger partial charge on any atom is 0.191 e. The lowest BCUT2D eigenvalue weighted by Gasteiger charge is -2.15. The minimum Gasteiger partial charge on any atom is -0.494 e. The molecule has 2 N–H and O–H groups in total.